The van der Waals surface area contributed by atoms with Gasteiger partial charge in [0.05, 0.1) is 11.9 Å². The number of piperidine rings is 1. The lowest BCUT2D eigenvalue weighted by Crippen LogP contribution is -2.37. The first-order chi connectivity index (χ1) is 8.69. The highest BCUT2D eigenvalue weighted by atomic mass is 16.2. The van der Waals surface area contributed by atoms with Crippen molar-refractivity contribution in [2.75, 3.05) is 13.1 Å². The molecular weight excluding hydrogens is 230 g/mol. The Hall–Kier alpha value is -1.78. The highest BCUT2D eigenvalue weighted by molar-refractivity contribution is 5.73. The van der Waals surface area contributed by atoms with Gasteiger partial charge < -0.3 is 4.90 Å². The van der Waals surface area contributed by atoms with Crippen LogP contribution < -0.4 is 0 Å². The van der Waals surface area contributed by atoms with E-state index in [2.05, 4.69) is 9.97 Å². The van der Waals surface area contributed by atoms with Crippen LogP contribution in [-0.4, -0.2) is 40.2 Å². The van der Waals surface area contributed by atoms with Gasteiger partial charge >= 0.3 is 0 Å². The van der Waals surface area contributed by atoms with Crippen molar-refractivity contribution >= 4 is 12.2 Å². The van der Waals surface area contributed by atoms with Crippen molar-refractivity contribution in [1.29, 1.82) is 0 Å². The first-order valence-corrected chi connectivity index (χ1v) is 6.20. The molecule has 1 aliphatic rings. The number of carbonyl (C=O) groups is 2. The average molecular weight is 247 g/mol. The molecule has 0 aromatic carbocycles. The van der Waals surface area contributed by atoms with Crippen molar-refractivity contribution in [3.63, 3.8) is 0 Å². The Morgan fingerprint density at radius 1 is 1.39 bits per heavy atom. The molecule has 2 heterocycles. The average Bonchev–Trinajstić information content (AvgIpc) is 2.40. The molecule has 0 atom stereocenters. The van der Waals surface area contributed by atoms with E-state index in [4.69, 9.17) is 0 Å². The zero-order valence-corrected chi connectivity index (χ0v) is 10.5. The third-order valence-electron chi connectivity index (χ3n) is 3.40. The minimum Gasteiger partial charge on any atom is -0.343 e. The number of nitrogens with zero attached hydrogens (tertiary/aromatic N) is 3. The molecule has 0 spiro atoms. The molecule has 1 amide bonds. The first-order valence-electron chi connectivity index (χ1n) is 6.20. The van der Waals surface area contributed by atoms with Crippen LogP contribution in [0.15, 0.2) is 12.4 Å². The largest absolute Gasteiger partial charge is 0.343 e. The summed E-state index contributed by atoms with van der Waals surface area (Å²) in [6.45, 7) is 3.28. The van der Waals surface area contributed by atoms with Gasteiger partial charge in [-0.25, -0.2) is 4.98 Å². The molecule has 1 aliphatic heterocycles. The Bertz CT molecular complexity index is 422. The van der Waals surface area contributed by atoms with Crippen LogP contribution in [0, 0.1) is 5.92 Å². The zero-order chi connectivity index (χ0) is 13.0. The molecule has 0 saturated carbocycles. The van der Waals surface area contributed by atoms with Crippen LogP contribution in [0.4, 0.5) is 0 Å². The fraction of sp³-hybridized carbons (Fsp3) is 0.538. The molecule has 96 valence electrons. The second kappa shape index (κ2) is 5.71. The Balaban J connectivity index is 1.87. The molecular formula is C13H17N3O2. The predicted molar refractivity (Wildman–Crippen MR) is 66.1 cm³/mol. The van der Waals surface area contributed by atoms with E-state index in [-0.39, 0.29) is 5.91 Å². The number of likely N-dealkylation sites (tertiary alicyclic amines) is 1. The zero-order valence-electron chi connectivity index (χ0n) is 10.5. The summed E-state index contributed by atoms with van der Waals surface area (Å²) in [5.74, 6) is 0.709. The van der Waals surface area contributed by atoms with E-state index < -0.39 is 0 Å². The van der Waals surface area contributed by atoms with Crippen LogP contribution in [0.1, 0.15) is 35.9 Å². The second-order valence-corrected chi connectivity index (χ2v) is 4.70. The van der Waals surface area contributed by atoms with Gasteiger partial charge in [-0.15, -0.1) is 0 Å². The number of hydrogen-bond acceptors (Lipinski definition) is 4. The van der Waals surface area contributed by atoms with Crippen molar-refractivity contribution in [2.24, 2.45) is 5.92 Å². The van der Waals surface area contributed by atoms with Crippen molar-refractivity contribution in [3.8, 4) is 0 Å². The fourth-order valence-electron chi connectivity index (χ4n) is 2.28. The van der Waals surface area contributed by atoms with Gasteiger partial charge in [-0.2, -0.15) is 0 Å². The molecule has 5 nitrogen and oxygen atoms in total. The molecule has 1 aromatic heterocycles. The summed E-state index contributed by atoms with van der Waals surface area (Å²) in [6.07, 6.45) is 6.77. The van der Waals surface area contributed by atoms with E-state index in [1.807, 2.05) is 4.90 Å². The molecule has 1 saturated heterocycles. The maximum absolute atomic E-state index is 11.2. The van der Waals surface area contributed by atoms with Crippen LogP contribution in [0.25, 0.3) is 0 Å². The molecule has 0 N–H and O–H groups in total. The highest BCUT2D eigenvalue weighted by Gasteiger charge is 2.21. The topological polar surface area (TPSA) is 63.2 Å². The number of aromatic nitrogens is 2. The summed E-state index contributed by atoms with van der Waals surface area (Å²) >= 11 is 0. The summed E-state index contributed by atoms with van der Waals surface area (Å²) in [7, 11) is 0. The third kappa shape index (κ3) is 3.12. The van der Waals surface area contributed by atoms with Crippen LogP contribution >= 0.6 is 0 Å². The van der Waals surface area contributed by atoms with Crippen molar-refractivity contribution in [1.82, 2.24) is 14.9 Å². The minimum atomic E-state index is 0.156. The maximum Gasteiger partial charge on any atom is 0.219 e. The molecule has 1 aromatic rings. The van der Waals surface area contributed by atoms with Gasteiger partial charge in [-0.3, -0.25) is 14.6 Å². The predicted octanol–water partition coefficient (Wildman–Crippen LogP) is 1.09. The number of hydrogen-bond donors (Lipinski definition) is 0. The Labute approximate surface area is 106 Å². The summed E-state index contributed by atoms with van der Waals surface area (Å²) in [4.78, 5) is 31.8. The standard InChI is InChI=1S/C13H17N3O2/c1-10(18)16-4-2-11(3-5-16)6-12-7-15-13(9-17)8-14-12/h7-9,11H,2-6H2,1H3. The SMILES string of the molecule is CC(=O)N1CCC(Cc2cnc(C=O)cn2)CC1. The molecule has 0 unspecified atom stereocenters. The molecule has 0 aliphatic carbocycles. The molecule has 0 radical (unpaired) electrons. The molecule has 1 fully saturated rings. The van der Waals surface area contributed by atoms with Gasteiger partial charge in [0, 0.05) is 26.2 Å². The Kier molecular flexibility index (Phi) is 4.02. The Morgan fingerprint density at radius 3 is 2.61 bits per heavy atom. The van der Waals surface area contributed by atoms with Gasteiger partial charge in [-0.05, 0) is 25.2 Å². The second-order valence-electron chi connectivity index (χ2n) is 4.70. The molecule has 0 bridgehead atoms. The highest BCUT2D eigenvalue weighted by Crippen LogP contribution is 2.20. The lowest BCUT2D eigenvalue weighted by atomic mass is 9.92. The van der Waals surface area contributed by atoms with Crippen molar-refractivity contribution in [3.05, 3.63) is 23.8 Å². The quantitative estimate of drug-likeness (QED) is 0.750. The first kappa shape index (κ1) is 12.7. The Morgan fingerprint density at radius 2 is 2.11 bits per heavy atom. The maximum atomic E-state index is 11.2. The number of aldehydes is 1. The lowest BCUT2D eigenvalue weighted by Gasteiger charge is -2.31. The lowest BCUT2D eigenvalue weighted by molar-refractivity contribution is -0.130. The van der Waals surface area contributed by atoms with Crippen molar-refractivity contribution < 1.29 is 9.59 Å². The van der Waals surface area contributed by atoms with E-state index >= 15 is 0 Å². The van der Waals surface area contributed by atoms with Gasteiger partial charge in [0.2, 0.25) is 5.91 Å². The summed E-state index contributed by atoms with van der Waals surface area (Å²) < 4.78 is 0. The molecule has 2 rings (SSSR count). The normalized spacial score (nSPS) is 16.6. The van der Waals surface area contributed by atoms with E-state index in [9.17, 15) is 9.59 Å². The van der Waals surface area contributed by atoms with Crippen LogP contribution in [-0.2, 0) is 11.2 Å². The monoisotopic (exact) mass is 247 g/mol. The van der Waals surface area contributed by atoms with E-state index in [1.165, 1.54) is 6.20 Å². The summed E-state index contributed by atoms with van der Waals surface area (Å²) in [6, 6.07) is 0. The van der Waals surface area contributed by atoms with Gasteiger partial charge in [0.25, 0.3) is 0 Å². The minimum absolute atomic E-state index is 0.156. The van der Waals surface area contributed by atoms with Crippen molar-refractivity contribution in [2.45, 2.75) is 26.2 Å². The molecule has 5 heteroatoms. The van der Waals surface area contributed by atoms with Gasteiger partial charge in [0.1, 0.15) is 5.69 Å². The van der Waals surface area contributed by atoms with Crippen LogP contribution in [0.3, 0.4) is 0 Å². The summed E-state index contributed by atoms with van der Waals surface area (Å²) in [5.41, 5.74) is 1.28. The van der Waals surface area contributed by atoms with E-state index in [0.29, 0.717) is 17.9 Å². The van der Waals surface area contributed by atoms with Gasteiger partial charge in [-0.1, -0.05) is 0 Å². The number of carbonyl (C=O) groups excluding carboxylic acids is 2. The van der Waals surface area contributed by atoms with E-state index in [0.717, 1.165) is 38.0 Å². The smallest absolute Gasteiger partial charge is 0.219 e. The number of amides is 1. The van der Waals surface area contributed by atoms with Crippen LogP contribution in [0.5, 0.6) is 0 Å². The molecule has 18 heavy (non-hydrogen) atoms. The van der Waals surface area contributed by atoms with Gasteiger partial charge in [0.15, 0.2) is 6.29 Å². The summed E-state index contributed by atoms with van der Waals surface area (Å²) in [5, 5.41) is 0. The third-order valence-corrected chi connectivity index (χ3v) is 3.40. The van der Waals surface area contributed by atoms with E-state index in [1.54, 1.807) is 13.1 Å². The van der Waals surface area contributed by atoms with Crippen LogP contribution in [0.2, 0.25) is 0 Å². The number of rotatable bonds is 3. The fourth-order valence-corrected chi connectivity index (χ4v) is 2.28.